The summed E-state index contributed by atoms with van der Waals surface area (Å²) in [5.74, 6) is 0. The van der Waals surface area contributed by atoms with Crippen LogP contribution in [0.5, 0.6) is 0 Å². The molecule has 1 atom stereocenters. The second kappa shape index (κ2) is 4.72. The smallest absolute Gasteiger partial charge is 0.410 e. The molecule has 0 unspecified atom stereocenters. The van der Waals surface area contributed by atoms with Crippen LogP contribution in [0.3, 0.4) is 0 Å². The van der Waals surface area contributed by atoms with E-state index in [0.717, 1.165) is 38.5 Å². The predicted octanol–water partition coefficient (Wildman–Crippen LogP) is 2.69. The highest BCUT2D eigenvalue weighted by molar-refractivity contribution is 5.69. The molecule has 0 aromatic rings. The van der Waals surface area contributed by atoms with Gasteiger partial charge in [-0.05, 0) is 46.5 Å². The van der Waals surface area contributed by atoms with E-state index >= 15 is 0 Å². The molecule has 4 nitrogen and oxygen atoms in total. The molecular formula is C14H25NO3. The summed E-state index contributed by atoms with van der Waals surface area (Å²) in [6.07, 6.45) is 5.35. The first-order chi connectivity index (χ1) is 8.32. The topological polar surface area (TPSA) is 49.8 Å². The van der Waals surface area contributed by atoms with Crippen molar-refractivity contribution in [2.45, 2.75) is 76.5 Å². The van der Waals surface area contributed by atoms with Crippen molar-refractivity contribution in [3.05, 3.63) is 0 Å². The summed E-state index contributed by atoms with van der Waals surface area (Å²) in [5, 5.41) is 10.7. The maximum atomic E-state index is 12.2. The van der Waals surface area contributed by atoms with Crippen molar-refractivity contribution in [1.29, 1.82) is 0 Å². The Morgan fingerprint density at radius 1 is 1.28 bits per heavy atom. The Labute approximate surface area is 109 Å². The maximum absolute atomic E-state index is 12.2. The first-order valence-electron chi connectivity index (χ1n) is 7.04. The van der Waals surface area contributed by atoms with Crippen molar-refractivity contribution in [2.24, 2.45) is 0 Å². The summed E-state index contributed by atoms with van der Waals surface area (Å²) in [5.41, 5.74) is -1.14. The van der Waals surface area contributed by atoms with Gasteiger partial charge in [-0.1, -0.05) is 12.8 Å². The number of amides is 1. The number of rotatable bonds is 1. The first-order valence-corrected chi connectivity index (χ1v) is 7.04. The molecule has 1 saturated heterocycles. The van der Waals surface area contributed by atoms with Crippen molar-refractivity contribution in [3.8, 4) is 0 Å². The van der Waals surface area contributed by atoms with Gasteiger partial charge in [0.05, 0.1) is 11.6 Å². The van der Waals surface area contributed by atoms with Gasteiger partial charge in [-0.15, -0.1) is 0 Å². The van der Waals surface area contributed by atoms with E-state index in [1.807, 2.05) is 20.8 Å². The van der Waals surface area contributed by atoms with E-state index < -0.39 is 11.2 Å². The predicted molar refractivity (Wildman–Crippen MR) is 69.4 cm³/mol. The van der Waals surface area contributed by atoms with Crippen molar-refractivity contribution in [2.75, 3.05) is 6.54 Å². The molecule has 0 radical (unpaired) electrons. The summed E-state index contributed by atoms with van der Waals surface area (Å²) in [6, 6.07) is -0.0464. The van der Waals surface area contributed by atoms with E-state index in [2.05, 4.69) is 0 Å². The van der Waals surface area contributed by atoms with E-state index in [1.165, 1.54) is 0 Å². The number of nitrogens with zero attached hydrogens (tertiary/aromatic N) is 1. The van der Waals surface area contributed by atoms with E-state index in [4.69, 9.17) is 4.74 Å². The molecule has 2 fully saturated rings. The highest BCUT2D eigenvalue weighted by atomic mass is 16.6. The Morgan fingerprint density at radius 3 is 2.44 bits per heavy atom. The molecular weight excluding hydrogens is 230 g/mol. The van der Waals surface area contributed by atoms with Gasteiger partial charge >= 0.3 is 6.09 Å². The van der Waals surface area contributed by atoms with Crippen LogP contribution >= 0.6 is 0 Å². The molecule has 2 aliphatic rings. The summed E-state index contributed by atoms with van der Waals surface area (Å²) in [4.78, 5) is 13.9. The van der Waals surface area contributed by atoms with Crippen LogP contribution in [0.4, 0.5) is 4.79 Å². The number of carbonyl (C=O) groups is 1. The van der Waals surface area contributed by atoms with Gasteiger partial charge in [-0.3, -0.25) is 0 Å². The SMILES string of the molecule is CC(C)(C)OC(=O)N1CCC[C@@H]1C1(O)CCCC1. The van der Waals surface area contributed by atoms with Crippen LogP contribution in [-0.4, -0.2) is 39.9 Å². The summed E-state index contributed by atoms with van der Waals surface area (Å²) in [7, 11) is 0. The Bertz CT molecular complexity index is 315. The number of carbonyl (C=O) groups excluding carboxylic acids is 1. The molecule has 1 aliphatic heterocycles. The lowest BCUT2D eigenvalue weighted by Crippen LogP contribution is -2.51. The lowest BCUT2D eigenvalue weighted by Gasteiger charge is -2.37. The monoisotopic (exact) mass is 255 g/mol. The second-order valence-electron chi connectivity index (χ2n) is 6.64. The van der Waals surface area contributed by atoms with Gasteiger partial charge in [-0.2, -0.15) is 0 Å². The van der Waals surface area contributed by atoms with Crippen LogP contribution in [0.15, 0.2) is 0 Å². The minimum Gasteiger partial charge on any atom is -0.444 e. The Balaban J connectivity index is 2.05. The second-order valence-corrected chi connectivity index (χ2v) is 6.64. The third kappa shape index (κ3) is 2.79. The van der Waals surface area contributed by atoms with Gasteiger partial charge in [0.1, 0.15) is 5.60 Å². The van der Waals surface area contributed by atoms with Crippen molar-refractivity contribution in [1.82, 2.24) is 4.90 Å². The standard InChI is InChI=1S/C14H25NO3/c1-13(2,3)18-12(16)15-10-6-7-11(15)14(17)8-4-5-9-14/h11,17H,4-10H2,1-3H3/t11-/m1/s1. The van der Waals surface area contributed by atoms with E-state index in [1.54, 1.807) is 4.90 Å². The van der Waals surface area contributed by atoms with E-state index in [9.17, 15) is 9.90 Å². The lowest BCUT2D eigenvalue weighted by molar-refractivity contribution is -0.0400. The molecule has 104 valence electrons. The third-order valence-corrected chi connectivity index (χ3v) is 3.97. The Hall–Kier alpha value is -0.770. The highest BCUT2D eigenvalue weighted by Crippen LogP contribution is 2.39. The molecule has 1 aliphatic carbocycles. The molecule has 0 aromatic heterocycles. The molecule has 18 heavy (non-hydrogen) atoms. The summed E-state index contributed by atoms with van der Waals surface area (Å²) in [6.45, 7) is 6.34. The number of ether oxygens (including phenoxy) is 1. The average Bonchev–Trinajstić information content (AvgIpc) is 2.82. The van der Waals surface area contributed by atoms with Gasteiger partial charge in [0.2, 0.25) is 0 Å². The molecule has 0 bridgehead atoms. The molecule has 2 rings (SSSR count). The zero-order chi connectivity index (χ0) is 13.4. The summed E-state index contributed by atoms with van der Waals surface area (Å²) < 4.78 is 5.43. The largest absolute Gasteiger partial charge is 0.444 e. The van der Waals surface area contributed by atoms with Gasteiger partial charge < -0.3 is 14.7 Å². The number of likely N-dealkylation sites (tertiary alicyclic amines) is 1. The van der Waals surface area contributed by atoms with Crippen LogP contribution < -0.4 is 0 Å². The zero-order valence-corrected chi connectivity index (χ0v) is 11.7. The number of hydrogen-bond acceptors (Lipinski definition) is 3. The Morgan fingerprint density at radius 2 is 1.89 bits per heavy atom. The average molecular weight is 255 g/mol. The van der Waals surface area contributed by atoms with Crippen molar-refractivity contribution in [3.63, 3.8) is 0 Å². The van der Waals surface area contributed by atoms with Crippen molar-refractivity contribution < 1.29 is 14.6 Å². The van der Waals surface area contributed by atoms with Crippen molar-refractivity contribution >= 4 is 6.09 Å². The first kappa shape index (κ1) is 13.7. The quantitative estimate of drug-likeness (QED) is 0.783. The minimum atomic E-state index is -0.673. The zero-order valence-electron chi connectivity index (χ0n) is 11.7. The van der Waals surface area contributed by atoms with E-state index in [0.29, 0.717) is 6.54 Å². The van der Waals surface area contributed by atoms with Gasteiger partial charge in [0.15, 0.2) is 0 Å². The van der Waals surface area contributed by atoms with Crippen LogP contribution in [0, 0.1) is 0 Å². The fourth-order valence-corrected chi connectivity index (χ4v) is 3.18. The molecule has 1 amide bonds. The van der Waals surface area contributed by atoms with Gasteiger partial charge in [-0.25, -0.2) is 4.79 Å². The molecule has 0 spiro atoms. The molecule has 1 heterocycles. The molecule has 1 N–H and O–H groups in total. The van der Waals surface area contributed by atoms with Gasteiger partial charge in [0.25, 0.3) is 0 Å². The molecule has 0 aromatic carbocycles. The lowest BCUT2D eigenvalue weighted by atomic mass is 9.90. The fourth-order valence-electron chi connectivity index (χ4n) is 3.18. The molecule has 1 saturated carbocycles. The van der Waals surface area contributed by atoms with Crippen LogP contribution in [0.25, 0.3) is 0 Å². The number of hydrogen-bond donors (Lipinski definition) is 1. The third-order valence-electron chi connectivity index (χ3n) is 3.97. The van der Waals surface area contributed by atoms with E-state index in [-0.39, 0.29) is 12.1 Å². The Kier molecular flexibility index (Phi) is 3.58. The van der Waals surface area contributed by atoms with Gasteiger partial charge in [0, 0.05) is 6.54 Å². The van der Waals surface area contributed by atoms with Crippen LogP contribution in [0.2, 0.25) is 0 Å². The van der Waals surface area contributed by atoms with Crippen LogP contribution in [0.1, 0.15) is 59.3 Å². The summed E-state index contributed by atoms with van der Waals surface area (Å²) >= 11 is 0. The number of aliphatic hydroxyl groups is 1. The fraction of sp³-hybridized carbons (Fsp3) is 0.929. The molecule has 4 heteroatoms. The minimum absolute atomic E-state index is 0.0464. The highest BCUT2D eigenvalue weighted by Gasteiger charge is 2.46. The maximum Gasteiger partial charge on any atom is 0.410 e. The van der Waals surface area contributed by atoms with Crippen LogP contribution in [-0.2, 0) is 4.74 Å². The normalized spacial score (nSPS) is 27.6.